The zero-order chi connectivity index (χ0) is 29.5. The van der Waals surface area contributed by atoms with Crippen molar-refractivity contribution in [2.24, 2.45) is 0 Å². The first-order chi connectivity index (χ1) is 19.7. The molecule has 12 heteroatoms. The molecule has 1 aliphatic rings. The van der Waals surface area contributed by atoms with Crippen molar-refractivity contribution in [3.63, 3.8) is 0 Å². The van der Waals surface area contributed by atoms with E-state index in [0.717, 1.165) is 5.56 Å². The third-order valence-corrected chi connectivity index (χ3v) is 6.68. The van der Waals surface area contributed by atoms with Crippen molar-refractivity contribution in [3.05, 3.63) is 106 Å². The number of carboxylic acids is 1. The van der Waals surface area contributed by atoms with Crippen LogP contribution in [0.1, 0.15) is 33.9 Å². The fourth-order valence-corrected chi connectivity index (χ4v) is 4.71. The van der Waals surface area contributed by atoms with Gasteiger partial charge in [-0.25, -0.2) is 0 Å². The second-order valence-corrected chi connectivity index (χ2v) is 9.36. The molecule has 3 aromatic carbocycles. The smallest absolute Gasteiger partial charge is 0.305 e. The molecule has 1 saturated heterocycles. The van der Waals surface area contributed by atoms with Crippen molar-refractivity contribution in [3.8, 4) is 5.75 Å². The second kappa shape index (κ2) is 12.7. The Balaban J connectivity index is 1.67. The minimum absolute atomic E-state index is 0.0186. The summed E-state index contributed by atoms with van der Waals surface area (Å²) in [5.74, 6) is -2.54. The van der Waals surface area contributed by atoms with Gasteiger partial charge in [0.05, 0.1) is 30.9 Å². The predicted octanol–water partition coefficient (Wildman–Crippen LogP) is 2.79. The molecule has 0 aliphatic carbocycles. The maximum atomic E-state index is 13.8. The Morgan fingerprint density at radius 3 is 2.39 bits per heavy atom. The Morgan fingerprint density at radius 1 is 1.00 bits per heavy atom. The number of benzene rings is 3. The van der Waals surface area contributed by atoms with E-state index < -0.39 is 47.2 Å². The number of nitro groups is 1. The van der Waals surface area contributed by atoms with E-state index in [4.69, 9.17) is 4.74 Å². The molecule has 0 spiro atoms. The number of carbonyl (C=O) groups excluding carboxylic acids is 3. The molecule has 1 fully saturated rings. The van der Waals surface area contributed by atoms with Crippen molar-refractivity contribution >= 4 is 29.4 Å². The molecular formula is C29H28N4O8. The van der Waals surface area contributed by atoms with E-state index in [1.807, 2.05) is 6.07 Å². The number of non-ortho nitro benzene ring substituents is 1. The maximum absolute atomic E-state index is 13.8. The van der Waals surface area contributed by atoms with E-state index in [9.17, 15) is 34.4 Å². The molecule has 1 aliphatic heterocycles. The SMILES string of the molecule is COc1cccc(C(=O)N2CCN(C(=O)Cc3ccccc3)C2C(=O)NC(CC(=O)O)c2cccc([N+](=O)[O-])c2)c1. The molecule has 4 rings (SSSR count). The summed E-state index contributed by atoms with van der Waals surface area (Å²) >= 11 is 0. The van der Waals surface area contributed by atoms with E-state index in [1.54, 1.807) is 42.5 Å². The summed E-state index contributed by atoms with van der Waals surface area (Å²) in [5, 5.41) is 23.4. The lowest BCUT2D eigenvalue weighted by Gasteiger charge is -2.31. The van der Waals surface area contributed by atoms with Crippen molar-refractivity contribution in [2.75, 3.05) is 20.2 Å². The van der Waals surface area contributed by atoms with Gasteiger partial charge in [0, 0.05) is 30.8 Å². The average Bonchev–Trinajstić information content (AvgIpc) is 3.42. The summed E-state index contributed by atoms with van der Waals surface area (Å²) in [6.45, 7) is 0.120. The van der Waals surface area contributed by atoms with Gasteiger partial charge in [0.1, 0.15) is 5.75 Å². The van der Waals surface area contributed by atoms with Gasteiger partial charge < -0.3 is 25.0 Å². The van der Waals surface area contributed by atoms with Gasteiger partial charge in [-0.3, -0.25) is 29.3 Å². The van der Waals surface area contributed by atoms with Gasteiger partial charge in [-0.05, 0) is 29.3 Å². The van der Waals surface area contributed by atoms with Crippen LogP contribution < -0.4 is 10.1 Å². The second-order valence-electron chi connectivity index (χ2n) is 9.36. The summed E-state index contributed by atoms with van der Waals surface area (Å²) in [5.41, 5.74) is 0.873. The minimum atomic E-state index is -1.39. The molecule has 2 unspecified atom stereocenters. The number of rotatable bonds is 10. The number of nitrogens with zero attached hydrogens (tertiary/aromatic N) is 3. The summed E-state index contributed by atoms with van der Waals surface area (Å²) < 4.78 is 5.21. The highest BCUT2D eigenvalue weighted by Gasteiger charge is 2.43. The molecule has 0 bridgehead atoms. The number of aliphatic carboxylic acids is 1. The van der Waals surface area contributed by atoms with E-state index in [2.05, 4.69) is 5.32 Å². The Labute approximate surface area is 235 Å². The van der Waals surface area contributed by atoms with E-state index in [0.29, 0.717) is 5.75 Å². The Bertz CT molecular complexity index is 1460. The van der Waals surface area contributed by atoms with Gasteiger partial charge in [-0.2, -0.15) is 0 Å². The van der Waals surface area contributed by atoms with E-state index >= 15 is 0 Å². The van der Waals surface area contributed by atoms with Crippen LogP contribution in [-0.4, -0.2) is 69.9 Å². The first-order valence-electron chi connectivity index (χ1n) is 12.7. The molecule has 2 N–H and O–H groups in total. The summed E-state index contributed by atoms with van der Waals surface area (Å²) in [4.78, 5) is 65.7. The number of hydrogen-bond acceptors (Lipinski definition) is 7. The number of methoxy groups -OCH3 is 1. The number of ether oxygens (including phenoxy) is 1. The first-order valence-corrected chi connectivity index (χ1v) is 12.7. The van der Waals surface area contributed by atoms with Crippen LogP contribution in [0.15, 0.2) is 78.9 Å². The lowest BCUT2D eigenvalue weighted by molar-refractivity contribution is -0.384. The Morgan fingerprint density at radius 2 is 1.71 bits per heavy atom. The summed E-state index contributed by atoms with van der Waals surface area (Å²) in [7, 11) is 1.45. The van der Waals surface area contributed by atoms with Gasteiger partial charge in [0.25, 0.3) is 17.5 Å². The van der Waals surface area contributed by atoms with Gasteiger partial charge >= 0.3 is 5.97 Å². The van der Waals surface area contributed by atoms with E-state index in [1.165, 1.54) is 47.2 Å². The third-order valence-electron chi connectivity index (χ3n) is 6.68. The molecule has 3 aromatic rings. The average molecular weight is 561 g/mol. The van der Waals surface area contributed by atoms with Crippen LogP contribution in [0.25, 0.3) is 0 Å². The fourth-order valence-electron chi connectivity index (χ4n) is 4.71. The molecule has 3 amide bonds. The van der Waals surface area contributed by atoms with Crippen LogP contribution in [-0.2, 0) is 20.8 Å². The number of nitrogens with one attached hydrogen (secondary N) is 1. The van der Waals surface area contributed by atoms with Crippen LogP contribution in [0.3, 0.4) is 0 Å². The van der Waals surface area contributed by atoms with E-state index in [-0.39, 0.29) is 36.3 Å². The molecule has 0 aromatic heterocycles. The minimum Gasteiger partial charge on any atom is -0.497 e. The van der Waals surface area contributed by atoms with Crippen molar-refractivity contribution in [1.29, 1.82) is 0 Å². The molecule has 2 atom stereocenters. The van der Waals surface area contributed by atoms with Crippen molar-refractivity contribution < 1.29 is 33.9 Å². The Hall–Kier alpha value is -5.26. The number of amides is 3. The number of carbonyl (C=O) groups is 4. The fraction of sp³-hybridized carbons (Fsp3) is 0.241. The Kier molecular flexibility index (Phi) is 8.92. The van der Waals surface area contributed by atoms with Crippen LogP contribution in [0.2, 0.25) is 0 Å². The van der Waals surface area contributed by atoms with Crippen molar-refractivity contribution in [1.82, 2.24) is 15.1 Å². The third kappa shape index (κ3) is 6.85. The highest BCUT2D eigenvalue weighted by molar-refractivity contribution is 5.99. The lowest BCUT2D eigenvalue weighted by Crippen LogP contribution is -2.54. The zero-order valence-corrected chi connectivity index (χ0v) is 22.1. The van der Waals surface area contributed by atoms with Gasteiger partial charge in [-0.15, -0.1) is 0 Å². The standard InChI is InChI=1S/C29H28N4O8/c1-41-23-12-6-10-21(17-23)29(38)32-14-13-31(25(34)15-19-7-3-2-4-8-19)28(32)27(37)30-24(18-26(35)36)20-9-5-11-22(16-20)33(39)40/h2-12,16-17,24,28H,13-15,18H2,1H3,(H,30,37)(H,35,36). The van der Waals surface area contributed by atoms with Crippen LogP contribution in [0.5, 0.6) is 5.75 Å². The highest BCUT2D eigenvalue weighted by Crippen LogP contribution is 2.26. The van der Waals surface area contributed by atoms with Crippen LogP contribution >= 0.6 is 0 Å². The maximum Gasteiger partial charge on any atom is 0.305 e. The first kappa shape index (κ1) is 28.7. The molecule has 0 radical (unpaired) electrons. The molecule has 212 valence electrons. The summed E-state index contributed by atoms with van der Waals surface area (Å²) in [6.07, 6.45) is -1.99. The quantitative estimate of drug-likeness (QED) is 0.283. The lowest BCUT2D eigenvalue weighted by atomic mass is 10.0. The van der Waals surface area contributed by atoms with Gasteiger partial charge in [-0.1, -0.05) is 48.5 Å². The van der Waals surface area contributed by atoms with Crippen molar-refractivity contribution in [2.45, 2.75) is 25.0 Å². The molecular weight excluding hydrogens is 532 g/mol. The van der Waals surface area contributed by atoms with Gasteiger partial charge in [0.2, 0.25) is 5.91 Å². The molecule has 12 nitrogen and oxygen atoms in total. The highest BCUT2D eigenvalue weighted by atomic mass is 16.6. The molecule has 41 heavy (non-hydrogen) atoms. The largest absolute Gasteiger partial charge is 0.497 e. The van der Waals surface area contributed by atoms with Crippen LogP contribution in [0, 0.1) is 10.1 Å². The monoisotopic (exact) mass is 560 g/mol. The predicted molar refractivity (Wildman–Crippen MR) is 146 cm³/mol. The molecule has 0 saturated carbocycles. The summed E-state index contributed by atoms with van der Waals surface area (Å²) in [6, 6.07) is 19.4. The van der Waals surface area contributed by atoms with Crippen LogP contribution in [0.4, 0.5) is 5.69 Å². The van der Waals surface area contributed by atoms with Gasteiger partial charge in [0.15, 0.2) is 6.17 Å². The number of carboxylic acid groups (broad SMARTS) is 1. The molecule has 1 heterocycles. The zero-order valence-electron chi connectivity index (χ0n) is 22.1. The normalized spacial score (nSPS) is 15.2. The topological polar surface area (TPSA) is 159 Å². The number of nitro benzene ring substituents is 1. The number of hydrogen-bond donors (Lipinski definition) is 2.